The standard InChI is InChI=1S/C20H22N8O4/c1-28(10-12-9-23-17-15(24-12)16(21)26-20(22)27-17)13-6-4-11(5-7-13)18(30)25-14(19(31)32)3-2-8-29/h4-9,14H,2-3,10H2,1H3,(H,25,30)(H,31,32)(H4,21,22,23,26,27)/t14-/m0/s1. The summed E-state index contributed by atoms with van der Waals surface area (Å²) in [4.78, 5) is 52.5. The Labute approximate surface area is 182 Å². The van der Waals surface area contributed by atoms with Gasteiger partial charge in [0.15, 0.2) is 17.0 Å². The Bertz CT molecular complexity index is 1150. The molecule has 1 amide bonds. The number of benzene rings is 1. The topological polar surface area (TPSA) is 190 Å². The monoisotopic (exact) mass is 438 g/mol. The summed E-state index contributed by atoms with van der Waals surface area (Å²) in [5, 5.41) is 11.6. The van der Waals surface area contributed by atoms with Crippen LogP contribution >= 0.6 is 0 Å². The maximum Gasteiger partial charge on any atom is 0.326 e. The lowest BCUT2D eigenvalue weighted by Crippen LogP contribution is -2.40. The molecular formula is C20H22N8O4. The highest BCUT2D eigenvalue weighted by Crippen LogP contribution is 2.18. The number of nitrogens with one attached hydrogen (secondary N) is 1. The molecule has 0 saturated heterocycles. The van der Waals surface area contributed by atoms with E-state index in [0.717, 1.165) is 5.69 Å². The molecule has 32 heavy (non-hydrogen) atoms. The van der Waals surface area contributed by atoms with Crippen molar-refractivity contribution in [2.24, 2.45) is 0 Å². The van der Waals surface area contributed by atoms with Crippen molar-refractivity contribution in [1.29, 1.82) is 0 Å². The maximum absolute atomic E-state index is 12.3. The average Bonchev–Trinajstić information content (AvgIpc) is 2.76. The highest BCUT2D eigenvalue weighted by molar-refractivity contribution is 5.96. The van der Waals surface area contributed by atoms with E-state index in [1.165, 1.54) is 0 Å². The van der Waals surface area contributed by atoms with Gasteiger partial charge in [-0.15, -0.1) is 0 Å². The third-order valence-electron chi connectivity index (χ3n) is 4.65. The number of carboxylic acid groups (broad SMARTS) is 1. The number of hydrogen-bond acceptors (Lipinski definition) is 10. The highest BCUT2D eigenvalue weighted by atomic mass is 16.4. The fraction of sp³-hybridized carbons (Fsp3) is 0.250. The number of amides is 1. The summed E-state index contributed by atoms with van der Waals surface area (Å²) in [5.41, 5.74) is 13.8. The highest BCUT2D eigenvalue weighted by Gasteiger charge is 2.20. The molecule has 6 N–H and O–H groups in total. The molecule has 2 aromatic heterocycles. The van der Waals surface area contributed by atoms with Crippen LogP contribution in [-0.4, -0.2) is 56.3 Å². The third-order valence-corrected chi connectivity index (χ3v) is 4.65. The predicted octanol–water partition coefficient (Wildman–Crippen LogP) is 0.383. The number of carbonyl (C=O) groups is 3. The first-order valence-corrected chi connectivity index (χ1v) is 9.61. The van der Waals surface area contributed by atoms with Gasteiger partial charge < -0.3 is 31.6 Å². The van der Waals surface area contributed by atoms with Gasteiger partial charge in [-0.05, 0) is 30.7 Å². The van der Waals surface area contributed by atoms with E-state index in [1.807, 2.05) is 11.9 Å². The molecule has 3 rings (SSSR count). The number of rotatable bonds is 9. The number of nitrogens with two attached hydrogens (primary N) is 2. The Morgan fingerprint density at radius 3 is 2.56 bits per heavy atom. The zero-order valence-electron chi connectivity index (χ0n) is 17.2. The van der Waals surface area contributed by atoms with Gasteiger partial charge >= 0.3 is 5.97 Å². The van der Waals surface area contributed by atoms with Crippen LogP contribution in [0.3, 0.4) is 0 Å². The molecule has 0 aliphatic carbocycles. The van der Waals surface area contributed by atoms with Crippen LogP contribution < -0.4 is 21.7 Å². The molecule has 1 aromatic carbocycles. The summed E-state index contributed by atoms with van der Waals surface area (Å²) in [7, 11) is 1.84. The fourth-order valence-corrected chi connectivity index (χ4v) is 2.99. The van der Waals surface area contributed by atoms with Gasteiger partial charge in [-0.3, -0.25) is 4.79 Å². The zero-order chi connectivity index (χ0) is 23.3. The number of carboxylic acids is 1. The van der Waals surface area contributed by atoms with Gasteiger partial charge in [0.2, 0.25) is 5.95 Å². The van der Waals surface area contributed by atoms with Crippen molar-refractivity contribution >= 4 is 46.8 Å². The smallest absolute Gasteiger partial charge is 0.326 e. The first-order valence-electron chi connectivity index (χ1n) is 9.61. The molecule has 2 heterocycles. The van der Waals surface area contributed by atoms with Crippen molar-refractivity contribution in [1.82, 2.24) is 25.3 Å². The van der Waals surface area contributed by atoms with Gasteiger partial charge in [0.25, 0.3) is 5.91 Å². The van der Waals surface area contributed by atoms with E-state index < -0.39 is 17.9 Å². The van der Waals surface area contributed by atoms with Crippen molar-refractivity contribution in [3.8, 4) is 0 Å². The van der Waals surface area contributed by atoms with Crippen molar-refractivity contribution in [3.63, 3.8) is 0 Å². The Balaban J connectivity index is 1.69. The van der Waals surface area contributed by atoms with Crippen LogP contribution in [0.5, 0.6) is 0 Å². The second-order valence-corrected chi connectivity index (χ2v) is 7.01. The number of carbonyl (C=O) groups excluding carboxylic acids is 2. The van der Waals surface area contributed by atoms with Gasteiger partial charge in [0.1, 0.15) is 12.3 Å². The van der Waals surface area contributed by atoms with E-state index >= 15 is 0 Å². The molecule has 0 bridgehead atoms. The van der Waals surface area contributed by atoms with E-state index in [0.29, 0.717) is 35.3 Å². The quantitative estimate of drug-likeness (QED) is 0.338. The number of hydrogen-bond donors (Lipinski definition) is 4. The Morgan fingerprint density at radius 2 is 1.91 bits per heavy atom. The van der Waals surface area contributed by atoms with E-state index in [-0.39, 0.29) is 24.6 Å². The normalized spacial score (nSPS) is 11.7. The van der Waals surface area contributed by atoms with E-state index in [2.05, 4.69) is 25.3 Å². The Kier molecular flexibility index (Phi) is 6.73. The van der Waals surface area contributed by atoms with E-state index in [9.17, 15) is 19.5 Å². The van der Waals surface area contributed by atoms with Crippen LogP contribution in [0.4, 0.5) is 17.5 Å². The minimum atomic E-state index is -1.19. The molecule has 3 aromatic rings. The van der Waals surface area contributed by atoms with Crippen LogP contribution in [0.15, 0.2) is 30.5 Å². The number of nitrogens with zero attached hydrogens (tertiary/aromatic N) is 5. The zero-order valence-corrected chi connectivity index (χ0v) is 17.2. The van der Waals surface area contributed by atoms with Crippen LogP contribution in [0.25, 0.3) is 11.2 Å². The minimum absolute atomic E-state index is 0.0247. The number of aromatic nitrogens is 4. The van der Waals surface area contributed by atoms with Crippen molar-refractivity contribution in [2.75, 3.05) is 23.4 Å². The van der Waals surface area contributed by atoms with Gasteiger partial charge in [-0.2, -0.15) is 9.97 Å². The largest absolute Gasteiger partial charge is 0.480 e. The molecule has 0 unspecified atom stereocenters. The Morgan fingerprint density at radius 1 is 1.19 bits per heavy atom. The van der Waals surface area contributed by atoms with Crippen LogP contribution in [-0.2, 0) is 16.1 Å². The number of aliphatic carboxylic acids is 1. The molecule has 0 aliphatic rings. The molecule has 166 valence electrons. The van der Waals surface area contributed by atoms with Crippen LogP contribution in [0, 0.1) is 0 Å². The third kappa shape index (κ3) is 5.22. The van der Waals surface area contributed by atoms with Crippen LogP contribution in [0.1, 0.15) is 28.9 Å². The molecule has 0 saturated carbocycles. The predicted molar refractivity (Wildman–Crippen MR) is 117 cm³/mol. The molecule has 0 radical (unpaired) electrons. The van der Waals surface area contributed by atoms with Crippen molar-refractivity contribution in [2.45, 2.75) is 25.4 Å². The molecule has 1 atom stereocenters. The molecule has 12 nitrogen and oxygen atoms in total. The first kappa shape index (κ1) is 22.3. The summed E-state index contributed by atoms with van der Waals surface area (Å²) in [6.07, 6.45) is 2.26. The molecule has 0 aliphatic heterocycles. The molecule has 12 heteroatoms. The molecule has 0 fully saturated rings. The van der Waals surface area contributed by atoms with Crippen LogP contribution in [0.2, 0.25) is 0 Å². The summed E-state index contributed by atoms with van der Waals surface area (Å²) < 4.78 is 0. The molecule has 0 spiro atoms. The summed E-state index contributed by atoms with van der Waals surface area (Å²) in [6.45, 7) is 0.394. The average molecular weight is 438 g/mol. The SMILES string of the molecule is CN(Cc1cnc2nc(N)nc(N)c2n1)c1ccc(C(=O)N[C@@H](CCC=O)C(=O)O)cc1. The lowest BCUT2D eigenvalue weighted by Gasteiger charge is -2.19. The first-order chi connectivity index (χ1) is 15.3. The summed E-state index contributed by atoms with van der Waals surface area (Å²) in [6, 6.07) is 5.49. The lowest BCUT2D eigenvalue weighted by molar-refractivity contribution is -0.139. The summed E-state index contributed by atoms with van der Waals surface area (Å²) >= 11 is 0. The second kappa shape index (κ2) is 9.64. The van der Waals surface area contributed by atoms with Crippen molar-refractivity contribution in [3.05, 3.63) is 41.7 Å². The van der Waals surface area contributed by atoms with Crippen molar-refractivity contribution < 1.29 is 19.5 Å². The van der Waals surface area contributed by atoms with Gasteiger partial charge in [-0.25, -0.2) is 14.8 Å². The molecular weight excluding hydrogens is 416 g/mol. The van der Waals surface area contributed by atoms with E-state index in [1.54, 1.807) is 30.5 Å². The number of fused-ring (bicyclic) bond motifs is 1. The minimum Gasteiger partial charge on any atom is -0.480 e. The summed E-state index contributed by atoms with van der Waals surface area (Å²) in [5.74, 6) is -1.56. The second-order valence-electron chi connectivity index (χ2n) is 7.01. The number of nitrogen functional groups attached to an aromatic ring is 2. The number of anilines is 3. The lowest BCUT2D eigenvalue weighted by atomic mass is 10.1. The Hall–Kier alpha value is -4.35. The maximum atomic E-state index is 12.3. The van der Waals surface area contributed by atoms with Gasteiger partial charge in [0, 0.05) is 24.7 Å². The number of aldehydes is 1. The van der Waals surface area contributed by atoms with E-state index in [4.69, 9.17) is 11.5 Å². The van der Waals surface area contributed by atoms with Gasteiger partial charge in [0.05, 0.1) is 18.4 Å². The van der Waals surface area contributed by atoms with Gasteiger partial charge in [-0.1, -0.05) is 0 Å². The fourth-order valence-electron chi connectivity index (χ4n) is 2.99.